The second-order valence-corrected chi connectivity index (χ2v) is 8.35. The molecular weight excluding hydrogens is 513 g/mol. The highest BCUT2D eigenvalue weighted by Crippen LogP contribution is 2.18. The number of hydrogen-bond donors (Lipinski definition) is 2. The molecule has 174 valence electrons. The standard InChI is InChI=1S/C25H35N5O.HI/c1-20-12-14-21(15-13-20)19-27-25(28-22-9-5-4-6-10-22)26-16-8-18-30-17-7-11-23(30)24(31)29(2)3;/h4-6,9-10,12-15,23H,7-8,11,16-19H2,1-3H3,(H2,26,27,28);1H. The molecule has 1 aliphatic rings. The molecule has 1 saturated heterocycles. The molecule has 32 heavy (non-hydrogen) atoms. The molecule has 0 aliphatic carbocycles. The van der Waals surface area contributed by atoms with Crippen LogP contribution in [0.2, 0.25) is 0 Å². The topological polar surface area (TPSA) is 60.0 Å². The molecule has 6 nitrogen and oxygen atoms in total. The number of aryl methyl sites for hydroxylation is 1. The van der Waals surface area contributed by atoms with E-state index in [2.05, 4.69) is 46.7 Å². The average Bonchev–Trinajstić information content (AvgIpc) is 3.24. The van der Waals surface area contributed by atoms with Crippen LogP contribution in [-0.2, 0) is 11.3 Å². The molecule has 1 aliphatic heterocycles. The van der Waals surface area contributed by atoms with Crippen LogP contribution < -0.4 is 10.6 Å². The van der Waals surface area contributed by atoms with Crippen molar-refractivity contribution in [2.45, 2.75) is 38.8 Å². The number of rotatable bonds is 8. The zero-order chi connectivity index (χ0) is 22.1. The SMILES string of the molecule is Cc1ccc(CN=C(NCCCN2CCCC2C(=O)N(C)C)Nc2ccccc2)cc1.I. The van der Waals surface area contributed by atoms with Gasteiger partial charge in [0, 0.05) is 32.9 Å². The fourth-order valence-electron chi connectivity index (χ4n) is 3.82. The van der Waals surface area contributed by atoms with E-state index in [4.69, 9.17) is 4.99 Å². The minimum atomic E-state index is 0. The molecule has 1 fully saturated rings. The number of carbonyl (C=O) groups excluding carboxylic acids is 1. The summed E-state index contributed by atoms with van der Waals surface area (Å²) in [6.45, 7) is 5.42. The van der Waals surface area contributed by atoms with Crippen molar-refractivity contribution in [2.24, 2.45) is 4.99 Å². The van der Waals surface area contributed by atoms with Crippen molar-refractivity contribution in [3.05, 3.63) is 65.7 Å². The minimum absolute atomic E-state index is 0. The van der Waals surface area contributed by atoms with Gasteiger partial charge in [-0.3, -0.25) is 9.69 Å². The summed E-state index contributed by atoms with van der Waals surface area (Å²) in [6.07, 6.45) is 3.01. The molecule has 0 saturated carbocycles. The smallest absolute Gasteiger partial charge is 0.239 e. The number of halogens is 1. The Morgan fingerprint density at radius 2 is 1.84 bits per heavy atom. The molecule has 2 N–H and O–H groups in total. The Morgan fingerprint density at radius 1 is 1.12 bits per heavy atom. The number of guanidine groups is 1. The fraction of sp³-hybridized carbons (Fsp3) is 0.440. The van der Waals surface area contributed by atoms with E-state index in [-0.39, 0.29) is 35.9 Å². The van der Waals surface area contributed by atoms with Crippen molar-refractivity contribution >= 4 is 41.5 Å². The number of likely N-dealkylation sites (N-methyl/N-ethyl adjacent to an activating group) is 1. The Bertz CT molecular complexity index is 854. The predicted octanol–water partition coefficient (Wildman–Crippen LogP) is 4.11. The Hall–Kier alpha value is -2.13. The molecule has 1 amide bonds. The van der Waals surface area contributed by atoms with Crippen molar-refractivity contribution in [2.75, 3.05) is 39.0 Å². The van der Waals surface area contributed by atoms with Crippen LogP contribution in [0.25, 0.3) is 0 Å². The highest BCUT2D eigenvalue weighted by Gasteiger charge is 2.30. The van der Waals surface area contributed by atoms with Gasteiger partial charge in [-0.25, -0.2) is 4.99 Å². The molecular formula is C25H36IN5O. The van der Waals surface area contributed by atoms with Gasteiger partial charge in [-0.2, -0.15) is 0 Å². The zero-order valence-corrected chi connectivity index (χ0v) is 21.7. The fourth-order valence-corrected chi connectivity index (χ4v) is 3.82. The van der Waals surface area contributed by atoms with Gasteiger partial charge in [0.1, 0.15) is 0 Å². The third-order valence-electron chi connectivity index (χ3n) is 5.58. The van der Waals surface area contributed by atoms with E-state index in [9.17, 15) is 4.79 Å². The third-order valence-corrected chi connectivity index (χ3v) is 5.58. The van der Waals surface area contributed by atoms with Crippen molar-refractivity contribution < 1.29 is 4.79 Å². The number of aliphatic imine (C=N–C) groups is 1. The van der Waals surface area contributed by atoms with Crippen molar-refractivity contribution in [3.8, 4) is 0 Å². The second kappa shape index (κ2) is 13.4. The number of para-hydroxylation sites is 1. The van der Waals surface area contributed by atoms with Crippen LogP contribution >= 0.6 is 24.0 Å². The van der Waals surface area contributed by atoms with Gasteiger partial charge < -0.3 is 15.5 Å². The van der Waals surface area contributed by atoms with E-state index in [1.165, 1.54) is 11.1 Å². The van der Waals surface area contributed by atoms with Crippen LogP contribution in [0.1, 0.15) is 30.4 Å². The number of nitrogens with one attached hydrogen (secondary N) is 2. The molecule has 1 unspecified atom stereocenters. The number of likely N-dealkylation sites (tertiary alicyclic amines) is 1. The molecule has 1 heterocycles. The number of benzene rings is 2. The summed E-state index contributed by atoms with van der Waals surface area (Å²) in [5.74, 6) is 0.991. The summed E-state index contributed by atoms with van der Waals surface area (Å²) in [7, 11) is 3.68. The first-order valence-corrected chi connectivity index (χ1v) is 11.1. The maximum absolute atomic E-state index is 12.4. The van der Waals surface area contributed by atoms with Gasteiger partial charge in [-0.1, -0.05) is 48.0 Å². The number of hydrogen-bond acceptors (Lipinski definition) is 3. The summed E-state index contributed by atoms with van der Waals surface area (Å²) in [6, 6.07) is 18.6. The molecule has 0 bridgehead atoms. The second-order valence-electron chi connectivity index (χ2n) is 8.35. The summed E-state index contributed by atoms with van der Waals surface area (Å²) < 4.78 is 0. The summed E-state index contributed by atoms with van der Waals surface area (Å²) in [5, 5.41) is 6.85. The quantitative estimate of drug-likeness (QED) is 0.225. The summed E-state index contributed by atoms with van der Waals surface area (Å²) in [4.78, 5) is 21.2. The van der Waals surface area contributed by atoms with E-state index in [1.54, 1.807) is 4.90 Å². The molecule has 1 atom stereocenters. The van der Waals surface area contributed by atoms with E-state index in [0.717, 1.165) is 50.5 Å². The number of amides is 1. The normalized spacial score (nSPS) is 16.3. The molecule has 0 aromatic heterocycles. The monoisotopic (exact) mass is 549 g/mol. The van der Waals surface area contributed by atoms with Gasteiger partial charge in [0.2, 0.25) is 5.91 Å². The van der Waals surface area contributed by atoms with Crippen LogP contribution in [0.15, 0.2) is 59.6 Å². The van der Waals surface area contributed by atoms with Crippen LogP contribution in [-0.4, -0.2) is 61.4 Å². The van der Waals surface area contributed by atoms with Gasteiger partial charge in [0.25, 0.3) is 0 Å². The van der Waals surface area contributed by atoms with Crippen LogP contribution in [0.5, 0.6) is 0 Å². The van der Waals surface area contributed by atoms with Gasteiger partial charge >= 0.3 is 0 Å². The lowest BCUT2D eigenvalue weighted by atomic mass is 10.1. The molecule has 0 spiro atoms. The first-order chi connectivity index (χ1) is 15.0. The molecule has 2 aromatic carbocycles. The maximum atomic E-state index is 12.4. The lowest BCUT2D eigenvalue weighted by Crippen LogP contribution is -2.43. The lowest BCUT2D eigenvalue weighted by Gasteiger charge is -2.26. The first-order valence-electron chi connectivity index (χ1n) is 11.1. The van der Waals surface area contributed by atoms with Crippen LogP contribution in [0, 0.1) is 6.92 Å². The number of anilines is 1. The van der Waals surface area contributed by atoms with Gasteiger partial charge in [0.05, 0.1) is 12.6 Å². The molecule has 0 radical (unpaired) electrons. The van der Waals surface area contributed by atoms with Gasteiger partial charge in [-0.05, 0) is 50.4 Å². The predicted molar refractivity (Wildman–Crippen MR) is 144 cm³/mol. The first kappa shape index (κ1) is 26.1. The van der Waals surface area contributed by atoms with Crippen LogP contribution in [0.3, 0.4) is 0 Å². The van der Waals surface area contributed by atoms with Crippen molar-refractivity contribution in [1.29, 1.82) is 0 Å². The Balaban J connectivity index is 0.00000363. The third kappa shape index (κ3) is 8.09. The van der Waals surface area contributed by atoms with Crippen molar-refractivity contribution in [3.63, 3.8) is 0 Å². The Kier molecular flexibility index (Phi) is 11.0. The molecule has 3 rings (SSSR count). The number of nitrogens with zero attached hydrogens (tertiary/aromatic N) is 3. The minimum Gasteiger partial charge on any atom is -0.356 e. The average molecular weight is 550 g/mol. The van der Waals surface area contributed by atoms with E-state index in [1.807, 2.05) is 44.4 Å². The number of carbonyl (C=O) groups is 1. The van der Waals surface area contributed by atoms with E-state index in [0.29, 0.717) is 6.54 Å². The Morgan fingerprint density at radius 3 is 2.53 bits per heavy atom. The van der Waals surface area contributed by atoms with E-state index < -0.39 is 0 Å². The summed E-state index contributed by atoms with van der Waals surface area (Å²) >= 11 is 0. The van der Waals surface area contributed by atoms with Gasteiger partial charge in [-0.15, -0.1) is 24.0 Å². The summed E-state index contributed by atoms with van der Waals surface area (Å²) in [5.41, 5.74) is 3.44. The zero-order valence-electron chi connectivity index (χ0n) is 19.4. The highest BCUT2D eigenvalue weighted by molar-refractivity contribution is 14.0. The van der Waals surface area contributed by atoms with Crippen LogP contribution in [0.4, 0.5) is 5.69 Å². The molecule has 2 aromatic rings. The van der Waals surface area contributed by atoms with Crippen molar-refractivity contribution in [1.82, 2.24) is 15.1 Å². The lowest BCUT2D eigenvalue weighted by molar-refractivity contribution is -0.133. The highest BCUT2D eigenvalue weighted by atomic mass is 127. The largest absolute Gasteiger partial charge is 0.356 e. The Labute approximate surface area is 209 Å². The van der Waals surface area contributed by atoms with Gasteiger partial charge in [0.15, 0.2) is 5.96 Å². The molecule has 7 heteroatoms. The maximum Gasteiger partial charge on any atom is 0.239 e. The van der Waals surface area contributed by atoms with E-state index >= 15 is 0 Å².